The van der Waals surface area contributed by atoms with Crippen LogP contribution in [0.2, 0.25) is 0 Å². The molecular weight excluding hydrogens is 247 g/mol. The molecule has 96 valence electrons. The zero-order chi connectivity index (χ0) is 13.1. The number of halogens is 1. The Bertz CT molecular complexity index is 777. The van der Waals surface area contributed by atoms with Crippen LogP contribution in [0.4, 0.5) is 10.1 Å². The first-order chi connectivity index (χ1) is 9.13. The van der Waals surface area contributed by atoms with E-state index in [1.165, 1.54) is 12.1 Å². The molecule has 0 aliphatic carbocycles. The first kappa shape index (κ1) is 10.8. The Balaban J connectivity index is 2.21. The van der Waals surface area contributed by atoms with E-state index in [9.17, 15) is 9.18 Å². The van der Waals surface area contributed by atoms with Gasteiger partial charge in [0.1, 0.15) is 5.82 Å². The van der Waals surface area contributed by atoms with Crippen LogP contribution in [0.15, 0.2) is 16.9 Å². The van der Waals surface area contributed by atoms with Gasteiger partial charge in [-0.3, -0.25) is 9.69 Å². The molecule has 0 fully saturated rings. The molecule has 2 aromatic rings. The van der Waals surface area contributed by atoms with E-state index < -0.39 is 11.4 Å². The van der Waals surface area contributed by atoms with E-state index in [0.717, 1.165) is 23.2 Å². The Kier molecular flexibility index (Phi) is 1.98. The second-order valence-electron chi connectivity index (χ2n) is 5.14. The maximum Gasteiger partial charge on any atom is 0.296 e. The van der Waals surface area contributed by atoms with Crippen LogP contribution in [0, 0.1) is 5.82 Å². The van der Waals surface area contributed by atoms with Crippen molar-refractivity contribution < 1.29 is 4.39 Å². The highest BCUT2D eigenvalue weighted by Gasteiger charge is 2.32. The predicted octanol–water partition coefficient (Wildman–Crippen LogP) is 1.04. The summed E-state index contributed by atoms with van der Waals surface area (Å²) in [7, 11) is 1.98. The summed E-state index contributed by atoms with van der Waals surface area (Å²) in [5.74, 6) is -0.430. The average Bonchev–Trinajstić information content (AvgIpc) is 2.64. The molecule has 1 atom stereocenters. The fourth-order valence-electron chi connectivity index (χ4n) is 3.06. The standard InChI is InChI=1S/C13H11FN4O/c1-18-4-9-12-10(5-18)16-17-13(19)7-2-6(14)3-8(15-9)11(7)12/h2-3,9,15H,4-5H2,1H3. The minimum absolute atomic E-state index is 0.0501. The monoisotopic (exact) mass is 258 g/mol. The molecule has 1 unspecified atom stereocenters. The summed E-state index contributed by atoms with van der Waals surface area (Å²) in [4.78, 5) is 14.1. The lowest BCUT2D eigenvalue weighted by Gasteiger charge is -2.27. The lowest BCUT2D eigenvalue weighted by Crippen LogP contribution is -2.32. The van der Waals surface area contributed by atoms with Crippen LogP contribution < -0.4 is 10.9 Å². The van der Waals surface area contributed by atoms with Crippen LogP contribution in [0.1, 0.15) is 17.3 Å². The highest BCUT2D eigenvalue weighted by Crippen LogP contribution is 2.41. The molecule has 0 saturated heterocycles. The first-order valence-electron chi connectivity index (χ1n) is 6.11. The molecule has 19 heavy (non-hydrogen) atoms. The molecule has 6 heteroatoms. The Morgan fingerprint density at radius 2 is 2.26 bits per heavy atom. The minimum atomic E-state index is -0.477. The Hall–Kier alpha value is -2.08. The number of anilines is 1. The second-order valence-corrected chi connectivity index (χ2v) is 5.14. The van der Waals surface area contributed by atoms with E-state index in [1.807, 2.05) is 7.05 Å². The fraction of sp³-hybridized carbons (Fsp3) is 0.308. The summed E-state index contributed by atoms with van der Waals surface area (Å²) in [6.07, 6.45) is 0. The number of likely N-dealkylation sites (N-methyl/N-ethyl adjacent to an activating group) is 1. The van der Waals surface area contributed by atoms with Gasteiger partial charge < -0.3 is 5.32 Å². The molecule has 3 heterocycles. The molecule has 0 amide bonds. The lowest BCUT2D eigenvalue weighted by molar-refractivity contribution is 0.288. The second kappa shape index (κ2) is 3.48. The third kappa shape index (κ3) is 1.40. The molecular formula is C13H11FN4O. The van der Waals surface area contributed by atoms with Gasteiger partial charge in [-0.15, -0.1) is 10.2 Å². The Labute approximate surface area is 108 Å². The van der Waals surface area contributed by atoms with Crippen molar-refractivity contribution in [3.63, 3.8) is 0 Å². The van der Waals surface area contributed by atoms with E-state index in [-0.39, 0.29) is 6.04 Å². The van der Waals surface area contributed by atoms with Crippen LogP contribution in [0.5, 0.6) is 0 Å². The summed E-state index contributed by atoms with van der Waals surface area (Å²) in [5, 5.41) is 12.1. The van der Waals surface area contributed by atoms with Gasteiger partial charge >= 0.3 is 0 Å². The molecule has 4 rings (SSSR count). The molecule has 1 N–H and O–H groups in total. The van der Waals surface area contributed by atoms with Crippen molar-refractivity contribution in [1.82, 2.24) is 15.1 Å². The molecule has 1 aromatic heterocycles. The zero-order valence-corrected chi connectivity index (χ0v) is 10.3. The maximum absolute atomic E-state index is 13.6. The minimum Gasteiger partial charge on any atom is -0.376 e. The normalized spacial score (nSPS) is 20.6. The number of hydrogen-bond acceptors (Lipinski definition) is 5. The molecule has 0 radical (unpaired) electrons. The third-order valence-corrected chi connectivity index (χ3v) is 3.77. The molecule has 2 aliphatic rings. The van der Waals surface area contributed by atoms with Gasteiger partial charge in [-0.1, -0.05) is 0 Å². The molecule has 1 aromatic carbocycles. The van der Waals surface area contributed by atoms with Crippen molar-refractivity contribution in [2.45, 2.75) is 12.6 Å². The average molecular weight is 258 g/mol. The summed E-state index contributed by atoms with van der Waals surface area (Å²) in [6.45, 7) is 1.46. The van der Waals surface area contributed by atoms with Gasteiger partial charge in [-0.2, -0.15) is 0 Å². The van der Waals surface area contributed by atoms with Crippen LogP contribution in [-0.2, 0) is 6.54 Å². The number of nitrogens with zero attached hydrogens (tertiary/aromatic N) is 3. The number of rotatable bonds is 0. The van der Waals surface area contributed by atoms with Crippen molar-refractivity contribution in [3.8, 4) is 0 Å². The van der Waals surface area contributed by atoms with Gasteiger partial charge in [0, 0.05) is 29.7 Å². The van der Waals surface area contributed by atoms with Crippen LogP contribution in [0.3, 0.4) is 0 Å². The molecule has 0 spiro atoms. The lowest BCUT2D eigenvalue weighted by atomic mass is 9.99. The van der Waals surface area contributed by atoms with Crippen molar-refractivity contribution in [2.75, 3.05) is 18.9 Å². The Morgan fingerprint density at radius 1 is 1.42 bits per heavy atom. The van der Waals surface area contributed by atoms with Gasteiger partial charge in [-0.05, 0) is 19.2 Å². The highest BCUT2D eigenvalue weighted by atomic mass is 19.1. The van der Waals surface area contributed by atoms with E-state index in [0.29, 0.717) is 17.6 Å². The van der Waals surface area contributed by atoms with Gasteiger partial charge in [0.25, 0.3) is 5.56 Å². The van der Waals surface area contributed by atoms with Gasteiger partial charge in [0.05, 0.1) is 17.1 Å². The quantitative estimate of drug-likeness (QED) is 0.765. The first-order valence-corrected chi connectivity index (χ1v) is 6.11. The van der Waals surface area contributed by atoms with Crippen molar-refractivity contribution in [1.29, 1.82) is 0 Å². The summed E-state index contributed by atoms with van der Waals surface area (Å²) in [5.41, 5.74) is 1.99. The fourth-order valence-corrected chi connectivity index (χ4v) is 3.06. The van der Waals surface area contributed by atoms with Crippen LogP contribution >= 0.6 is 0 Å². The van der Waals surface area contributed by atoms with E-state index in [2.05, 4.69) is 20.4 Å². The number of aromatic nitrogens is 2. The zero-order valence-electron chi connectivity index (χ0n) is 10.3. The Morgan fingerprint density at radius 3 is 3.11 bits per heavy atom. The van der Waals surface area contributed by atoms with Gasteiger partial charge in [-0.25, -0.2) is 4.39 Å². The topological polar surface area (TPSA) is 58.1 Å². The van der Waals surface area contributed by atoms with Crippen molar-refractivity contribution >= 4 is 16.5 Å². The molecule has 2 aliphatic heterocycles. The van der Waals surface area contributed by atoms with Crippen LogP contribution in [0.25, 0.3) is 10.8 Å². The predicted molar refractivity (Wildman–Crippen MR) is 68.5 cm³/mol. The number of hydrogen-bond donors (Lipinski definition) is 1. The molecule has 0 bridgehead atoms. The number of nitrogens with one attached hydrogen (secondary N) is 1. The summed E-state index contributed by atoms with van der Waals surface area (Å²) < 4.78 is 13.6. The SMILES string of the molecule is CN1Cc2nnc(=O)c3cc(F)cc4c3c2C(C1)N4. The van der Waals surface area contributed by atoms with Crippen molar-refractivity contribution in [2.24, 2.45) is 0 Å². The maximum atomic E-state index is 13.6. The smallest absolute Gasteiger partial charge is 0.296 e. The van der Waals surface area contributed by atoms with Crippen LogP contribution in [-0.4, -0.2) is 28.7 Å². The van der Waals surface area contributed by atoms with E-state index >= 15 is 0 Å². The molecule has 0 saturated carbocycles. The van der Waals surface area contributed by atoms with Gasteiger partial charge in [0.15, 0.2) is 0 Å². The van der Waals surface area contributed by atoms with Crippen molar-refractivity contribution in [3.05, 3.63) is 39.6 Å². The van der Waals surface area contributed by atoms with E-state index in [1.54, 1.807) is 0 Å². The molecule has 5 nitrogen and oxygen atoms in total. The van der Waals surface area contributed by atoms with Gasteiger partial charge in [0.2, 0.25) is 0 Å². The number of benzene rings is 1. The summed E-state index contributed by atoms with van der Waals surface area (Å²) in [6, 6.07) is 2.73. The van der Waals surface area contributed by atoms with E-state index in [4.69, 9.17) is 0 Å². The largest absolute Gasteiger partial charge is 0.376 e. The third-order valence-electron chi connectivity index (χ3n) is 3.77. The highest BCUT2D eigenvalue weighted by molar-refractivity contribution is 5.99. The summed E-state index contributed by atoms with van der Waals surface area (Å²) >= 11 is 0.